The number of hydrogen-bond donors (Lipinski definition) is 2. The third-order valence-corrected chi connectivity index (χ3v) is 4.20. The second-order valence-corrected chi connectivity index (χ2v) is 5.86. The summed E-state index contributed by atoms with van der Waals surface area (Å²) in [6.07, 6.45) is 3.23. The SMILES string of the molecule is CCCNc1ncnc(N2CCC(O)C(C)C2)c1Br. The molecule has 0 amide bonds. The zero-order chi connectivity index (χ0) is 13.8. The highest BCUT2D eigenvalue weighted by atomic mass is 79.9. The highest BCUT2D eigenvalue weighted by molar-refractivity contribution is 9.10. The molecule has 106 valence electrons. The van der Waals surface area contributed by atoms with E-state index in [4.69, 9.17) is 0 Å². The van der Waals surface area contributed by atoms with Crippen LogP contribution in [-0.2, 0) is 0 Å². The lowest BCUT2D eigenvalue weighted by molar-refractivity contribution is 0.0968. The number of halogens is 1. The van der Waals surface area contributed by atoms with Crippen molar-refractivity contribution in [2.45, 2.75) is 32.8 Å². The van der Waals surface area contributed by atoms with Crippen molar-refractivity contribution in [1.29, 1.82) is 0 Å². The molecule has 1 fully saturated rings. The van der Waals surface area contributed by atoms with Crippen LogP contribution >= 0.6 is 15.9 Å². The first-order valence-electron chi connectivity index (χ1n) is 6.80. The molecule has 6 heteroatoms. The first kappa shape index (κ1) is 14.5. The van der Waals surface area contributed by atoms with Crippen molar-refractivity contribution in [3.63, 3.8) is 0 Å². The van der Waals surface area contributed by atoms with E-state index in [1.807, 2.05) is 0 Å². The molecular weight excluding hydrogens is 308 g/mol. The first-order valence-corrected chi connectivity index (χ1v) is 7.60. The molecule has 2 atom stereocenters. The Bertz CT molecular complexity index is 429. The Hall–Kier alpha value is -0.880. The number of aromatic nitrogens is 2. The van der Waals surface area contributed by atoms with Gasteiger partial charge in [-0.25, -0.2) is 9.97 Å². The maximum Gasteiger partial charge on any atom is 0.148 e. The summed E-state index contributed by atoms with van der Waals surface area (Å²) >= 11 is 3.59. The van der Waals surface area contributed by atoms with Gasteiger partial charge in [0.25, 0.3) is 0 Å². The first-order chi connectivity index (χ1) is 9.13. The van der Waals surface area contributed by atoms with Crippen molar-refractivity contribution in [2.75, 3.05) is 29.9 Å². The Balaban J connectivity index is 2.16. The van der Waals surface area contributed by atoms with Crippen LogP contribution in [0.1, 0.15) is 26.7 Å². The maximum absolute atomic E-state index is 9.80. The molecule has 1 aliphatic heterocycles. The number of aliphatic hydroxyl groups is 1. The minimum atomic E-state index is -0.199. The molecule has 2 unspecified atom stereocenters. The summed E-state index contributed by atoms with van der Waals surface area (Å²) in [5.41, 5.74) is 0. The van der Waals surface area contributed by atoms with Crippen LogP contribution in [0.3, 0.4) is 0 Å². The minimum absolute atomic E-state index is 0.199. The lowest BCUT2D eigenvalue weighted by atomic mass is 9.97. The van der Waals surface area contributed by atoms with Gasteiger partial charge in [0, 0.05) is 19.6 Å². The molecule has 5 nitrogen and oxygen atoms in total. The van der Waals surface area contributed by atoms with Crippen LogP contribution in [0.4, 0.5) is 11.6 Å². The van der Waals surface area contributed by atoms with Gasteiger partial charge in [-0.15, -0.1) is 0 Å². The molecular formula is C13H21BrN4O. The molecule has 0 aliphatic carbocycles. The van der Waals surface area contributed by atoms with Crippen LogP contribution in [-0.4, -0.2) is 40.8 Å². The maximum atomic E-state index is 9.80. The van der Waals surface area contributed by atoms with E-state index in [0.717, 1.165) is 48.6 Å². The molecule has 0 bridgehead atoms. The topological polar surface area (TPSA) is 61.3 Å². The van der Waals surface area contributed by atoms with Gasteiger partial charge in [0.1, 0.15) is 22.4 Å². The Morgan fingerprint density at radius 2 is 2.32 bits per heavy atom. The summed E-state index contributed by atoms with van der Waals surface area (Å²) in [7, 11) is 0. The van der Waals surface area contributed by atoms with Crippen molar-refractivity contribution in [3.8, 4) is 0 Å². The summed E-state index contributed by atoms with van der Waals surface area (Å²) in [6, 6.07) is 0. The largest absolute Gasteiger partial charge is 0.393 e. The van der Waals surface area contributed by atoms with E-state index in [-0.39, 0.29) is 12.0 Å². The van der Waals surface area contributed by atoms with E-state index in [9.17, 15) is 5.11 Å². The lowest BCUT2D eigenvalue weighted by Gasteiger charge is -2.35. The van der Waals surface area contributed by atoms with Crippen molar-refractivity contribution >= 4 is 27.6 Å². The number of nitrogens with zero attached hydrogens (tertiary/aromatic N) is 3. The smallest absolute Gasteiger partial charge is 0.148 e. The summed E-state index contributed by atoms with van der Waals surface area (Å²) in [6.45, 7) is 6.74. The van der Waals surface area contributed by atoms with Gasteiger partial charge in [-0.1, -0.05) is 13.8 Å². The summed E-state index contributed by atoms with van der Waals surface area (Å²) in [5.74, 6) is 2.01. The van der Waals surface area contributed by atoms with Gasteiger partial charge in [0.15, 0.2) is 0 Å². The summed E-state index contributed by atoms with van der Waals surface area (Å²) < 4.78 is 0.909. The van der Waals surface area contributed by atoms with Crippen LogP contribution in [0.15, 0.2) is 10.8 Å². The number of nitrogens with one attached hydrogen (secondary N) is 1. The molecule has 1 saturated heterocycles. The Morgan fingerprint density at radius 3 is 3.00 bits per heavy atom. The number of hydrogen-bond acceptors (Lipinski definition) is 5. The fraction of sp³-hybridized carbons (Fsp3) is 0.692. The van der Waals surface area contributed by atoms with Crippen LogP contribution < -0.4 is 10.2 Å². The average molecular weight is 329 g/mol. The second-order valence-electron chi connectivity index (χ2n) is 5.07. The summed E-state index contributed by atoms with van der Waals surface area (Å²) in [5, 5.41) is 13.1. The van der Waals surface area contributed by atoms with Crippen molar-refractivity contribution in [2.24, 2.45) is 5.92 Å². The van der Waals surface area contributed by atoms with E-state index in [1.165, 1.54) is 0 Å². The Labute approximate surface area is 122 Å². The second kappa shape index (κ2) is 6.52. The molecule has 0 radical (unpaired) electrons. The molecule has 2 rings (SSSR count). The van der Waals surface area contributed by atoms with Gasteiger partial charge in [-0.2, -0.15) is 0 Å². The van der Waals surface area contributed by atoms with Crippen LogP contribution in [0, 0.1) is 5.92 Å². The van der Waals surface area contributed by atoms with Gasteiger partial charge < -0.3 is 15.3 Å². The molecule has 2 heterocycles. The molecule has 2 N–H and O–H groups in total. The summed E-state index contributed by atoms with van der Waals surface area (Å²) in [4.78, 5) is 10.8. The van der Waals surface area contributed by atoms with Gasteiger partial charge in [0.2, 0.25) is 0 Å². The number of anilines is 2. The van der Waals surface area contributed by atoms with E-state index in [0.29, 0.717) is 0 Å². The van der Waals surface area contributed by atoms with Crippen LogP contribution in [0.2, 0.25) is 0 Å². The molecule has 0 aromatic carbocycles. The Morgan fingerprint density at radius 1 is 1.53 bits per heavy atom. The number of piperidine rings is 1. The van der Waals surface area contributed by atoms with E-state index < -0.39 is 0 Å². The standard InChI is InChI=1S/C13H21BrN4O/c1-3-5-15-12-11(14)13(17-8-16-12)18-6-4-10(19)9(2)7-18/h8-10,19H,3-7H2,1-2H3,(H,15,16,17). The number of rotatable bonds is 4. The zero-order valence-electron chi connectivity index (χ0n) is 11.4. The van der Waals surface area contributed by atoms with E-state index >= 15 is 0 Å². The van der Waals surface area contributed by atoms with Gasteiger partial charge in [0.05, 0.1) is 6.10 Å². The van der Waals surface area contributed by atoms with E-state index in [1.54, 1.807) is 6.33 Å². The molecule has 0 spiro atoms. The highest BCUT2D eigenvalue weighted by Gasteiger charge is 2.26. The number of aliphatic hydroxyl groups excluding tert-OH is 1. The van der Waals surface area contributed by atoms with Gasteiger partial charge in [-0.3, -0.25) is 0 Å². The van der Waals surface area contributed by atoms with E-state index in [2.05, 4.69) is 50.0 Å². The minimum Gasteiger partial charge on any atom is -0.393 e. The molecule has 0 saturated carbocycles. The van der Waals surface area contributed by atoms with Crippen molar-refractivity contribution < 1.29 is 5.11 Å². The third kappa shape index (κ3) is 3.36. The highest BCUT2D eigenvalue weighted by Crippen LogP contribution is 2.32. The fourth-order valence-electron chi connectivity index (χ4n) is 2.27. The fourth-order valence-corrected chi connectivity index (χ4v) is 2.87. The molecule has 1 aliphatic rings. The molecule has 19 heavy (non-hydrogen) atoms. The lowest BCUT2D eigenvalue weighted by Crippen LogP contribution is -2.42. The van der Waals surface area contributed by atoms with Crippen molar-refractivity contribution in [3.05, 3.63) is 10.8 Å². The third-order valence-electron chi connectivity index (χ3n) is 3.47. The predicted molar refractivity (Wildman–Crippen MR) is 80.5 cm³/mol. The van der Waals surface area contributed by atoms with Crippen molar-refractivity contribution in [1.82, 2.24) is 9.97 Å². The average Bonchev–Trinajstić information content (AvgIpc) is 2.41. The predicted octanol–water partition coefficient (Wildman–Crippen LogP) is 2.27. The monoisotopic (exact) mass is 328 g/mol. The quantitative estimate of drug-likeness (QED) is 0.887. The van der Waals surface area contributed by atoms with Crippen LogP contribution in [0.5, 0.6) is 0 Å². The van der Waals surface area contributed by atoms with Gasteiger partial charge >= 0.3 is 0 Å². The molecule has 1 aromatic rings. The molecule has 1 aromatic heterocycles. The van der Waals surface area contributed by atoms with Crippen LogP contribution in [0.25, 0.3) is 0 Å². The Kier molecular flexibility index (Phi) is 4.99. The normalized spacial score (nSPS) is 23.5. The zero-order valence-corrected chi connectivity index (χ0v) is 13.0. The van der Waals surface area contributed by atoms with Gasteiger partial charge in [-0.05, 0) is 34.7 Å².